The number of carbonyl (C=O) groups is 2. The summed E-state index contributed by atoms with van der Waals surface area (Å²) in [6.45, 7) is 0.398. The summed E-state index contributed by atoms with van der Waals surface area (Å²) in [5.41, 5.74) is -0.542. The molecule has 1 fully saturated rings. The molecule has 1 heterocycles. The minimum atomic E-state index is -1.68. The van der Waals surface area contributed by atoms with Crippen molar-refractivity contribution in [3.63, 3.8) is 0 Å². The van der Waals surface area contributed by atoms with Crippen molar-refractivity contribution in [1.29, 1.82) is 0 Å². The number of piperidine rings is 1. The number of carbonyl (C=O) groups excluding carboxylic acids is 2. The van der Waals surface area contributed by atoms with Crippen LogP contribution in [0.2, 0.25) is 0 Å². The number of likely N-dealkylation sites (tertiary alicyclic amines) is 1. The minimum Gasteiger partial charge on any atom is -0.469 e. The number of esters is 1. The highest BCUT2D eigenvalue weighted by Gasteiger charge is 2.31. The van der Waals surface area contributed by atoms with Crippen LogP contribution < -0.4 is 0 Å². The lowest BCUT2D eigenvalue weighted by Crippen LogP contribution is -2.43. The average Bonchev–Trinajstić information content (AvgIpc) is 2.51. The van der Waals surface area contributed by atoms with E-state index in [0.717, 1.165) is 6.07 Å². The molecule has 1 aliphatic rings. The van der Waals surface area contributed by atoms with Gasteiger partial charge >= 0.3 is 5.97 Å². The van der Waals surface area contributed by atoms with Gasteiger partial charge in [0.1, 0.15) is 0 Å². The summed E-state index contributed by atoms with van der Waals surface area (Å²) in [7, 11) is 1.25. The van der Waals surface area contributed by atoms with Crippen molar-refractivity contribution < 1.29 is 27.5 Å². The van der Waals surface area contributed by atoms with Crippen LogP contribution in [0.5, 0.6) is 0 Å². The molecule has 0 spiro atoms. The number of ether oxygens (including phenoxy) is 1. The lowest BCUT2D eigenvalue weighted by Gasteiger charge is -2.31. The molecule has 0 aliphatic carbocycles. The van der Waals surface area contributed by atoms with Crippen LogP contribution in [0.3, 0.4) is 0 Å². The number of methoxy groups -OCH3 is 1. The van der Waals surface area contributed by atoms with Crippen molar-refractivity contribution in [2.24, 2.45) is 5.92 Å². The fourth-order valence-corrected chi connectivity index (χ4v) is 2.38. The molecular weight excluding hydrogens is 287 g/mol. The summed E-state index contributed by atoms with van der Waals surface area (Å²) in [6, 6.07) is 1.60. The average molecular weight is 301 g/mol. The van der Waals surface area contributed by atoms with Gasteiger partial charge in [0.05, 0.1) is 18.6 Å². The van der Waals surface area contributed by atoms with E-state index in [-0.39, 0.29) is 6.54 Å². The third kappa shape index (κ3) is 3.01. The first-order valence-electron chi connectivity index (χ1n) is 6.46. The van der Waals surface area contributed by atoms with Gasteiger partial charge in [0.2, 0.25) is 0 Å². The van der Waals surface area contributed by atoms with E-state index < -0.39 is 40.8 Å². The fourth-order valence-electron chi connectivity index (χ4n) is 2.38. The normalized spacial score (nSPS) is 18.5. The Kier molecular flexibility index (Phi) is 4.50. The van der Waals surface area contributed by atoms with Crippen LogP contribution in [0.25, 0.3) is 0 Å². The Morgan fingerprint density at radius 1 is 1.24 bits per heavy atom. The van der Waals surface area contributed by atoms with Crippen LogP contribution in [0.4, 0.5) is 13.2 Å². The number of nitrogens with zero attached hydrogens (tertiary/aromatic N) is 1. The molecule has 1 saturated heterocycles. The van der Waals surface area contributed by atoms with E-state index >= 15 is 0 Å². The number of halogens is 3. The van der Waals surface area contributed by atoms with Gasteiger partial charge in [0.25, 0.3) is 5.91 Å². The van der Waals surface area contributed by atoms with Crippen molar-refractivity contribution in [3.8, 4) is 0 Å². The maximum atomic E-state index is 13.6. The Balaban J connectivity index is 2.20. The van der Waals surface area contributed by atoms with Crippen molar-refractivity contribution in [3.05, 3.63) is 35.1 Å². The van der Waals surface area contributed by atoms with Gasteiger partial charge in [-0.05, 0) is 25.0 Å². The molecule has 21 heavy (non-hydrogen) atoms. The van der Waals surface area contributed by atoms with Gasteiger partial charge in [-0.15, -0.1) is 0 Å². The smallest absolute Gasteiger partial charge is 0.310 e. The molecule has 0 aromatic heterocycles. The predicted molar refractivity (Wildman–Crippen MR) is 67.0 cm³/mol. The van der Waals surface area contributed by atoms with Gasteiger partial charge < -0.3 is 9.64 Å². The summed E-state index contributed by atoms with van der Waals surface area (Å²) in [6.07, 6.45) is 1.12. The summed E-state index contributed by atoms with van der Waals surface area (Å²) in [5, 5.41) is 0. The van der Waals surface area contributed by atoms with Crippen LogP contribution in [0.15, 0.2) is 12.1 Å². The van der Waals surface area contributed by atoms with E-state index in [1.807, 2.05) is 0 Å². The zero-order valence-electron chi connectivity index (χ0n) is 11.4. The fraction of sp³-hybridized carbons (Fsp3) is 0.429. The topological polar surface area (TPSA) is 46.6 Å². The molecular formula is C14H14F3NO3. The Morgan fingerprint density at radius 3 is 2.62 bits per heavy atom. The third-order valence-electron chi connectivity index (χ3n) is 3.51. The first-order chi connectivity index (χ1) is 9.95. The molecule has 2 rings (SSSR count). The number of amides is 1. The molecule has 0 N–H and O–H groups in total. The molecule has 7 heteroatoms. The summed E-state index contributed by atoms with van der Waals surface area (Å²) >= 11 is 0. The highest BCUT2D eigenvalue weighted by atomic mass is 19.2. The van der Waals surface area contributed by atoms with E-state index in [2.05, 4.69) is 4.74 Å². The van der Waals surface area contributed by atoms with Gasteiger partial charge in [-0.2, -0.15) is 0 Å². The number of hydrogen-bond donors (Lipinski definition) is 0. The van der Waals surface area contributed by atoms with Crippen LogP contribution in [-0.4, -0.2) is 37.0 Å². The maximum Gasteiger partial charge on any atom is 0.310 e. The molecule has 0 bridgehead atoms. The molecule has 0 radical (unpaired) electrons. The van der Waals surface area contributed by atoms with Crippen molar-refractivity contribution >= 4 is 11.9 Å². The second kappa shape index (κ2) is 6.15. The minimum absolute atomic E-state index is 0.0734. The number of benzene rings is 1. The lowest BCUT2D eigenvalue weighted by atomic mass is 9.97. The monoisotopic (exact) mass is 301 g/mol. The van der Waals surface area contributed by atoms with E-state index in [0.29, 0.717) is 25.5 Å². The number of hydrogen-bond acceptors (Lipinski definition) is 3. The van der Waals surface area contributed by atoms with Gasteiger partial charge in [0.15, 0.2) is 17.5 Å². The Bertz CT molecular complexity index is 577. The van der Waals surface area contributed by atoms with Gasteiger partial charge in [0, 0.05) is 13.1 Å². The van der Waals surface area contributed by atoms with Gasteiger partial charge in [-0.3, -0.25) is 9.59 Å². The second-order valence-electron chi connectivity index (χ2n) is 4.84. The van der Waals surface area contributed by atoms with E-state index in [1.165, 1.54) is 12.0 Å². The molecule has 1 atom stereocenters. The van der Waals surface area contributed by atoms with E-state index in [1.54, 1.807) is 0 Å². The Hall–Kier alpha value is -2.05. The van der Waals surface area contributed by atoms with E-state index in [9.17, 15) is 22.8 Å². The summed E-state index contributed by atoms with van der Waals surface area (Å²) in [5.74, 6) is -6.24. The quantitative estimate of drug-likeness (QED) is 0.621. The molecule has 4 nitrogen and oxygen atoms in total. The van der Waals surface area contributed by atoms with Crippen molar-refractivity contribution in [2.75, 3.05) is 20.2 Å². The van der Waals surface area contributed by atoms with Crippen molar-refractivity contribution in [2.45, 2.75) is 12.8 Å². The SMILES string of the molecule is COC(=O)[C@H]1CCCN(C(=O)c2ccc(F)c(F)c2F)C1. The molecule has 0 unspecified atom stereocenters. The molecule has 0 saturated carbocycles. The zero-order valence-corrected chi connectivity index (χ0v) is 11.4. The molecule has 1 amide bonds. The van der Waals surface area contributed by atoms with E-state index in [4.69, 9.17) is 0 Å². The molecule has 1 aromatic rings. The summed E-state index contributed by atoms with van der Waals surface area (Å²) < 4.78 is 44.3. The Morgan fingerprint density at radius 2 is 1.95 bits per heavy atom. The first-order valence-corrected chi connectivity index (χ1v) is 6.46. The standard InChI is InChI=1S/C14H14F3NO3/c1-21-14(20)8-3-2-6-18(7-8)13(19)9-4-5-10(15)12(17)11(9)16/h4-5,8H,2-3,6-7H2,1H3/t8-/m0/s1. The van der Waals surface area contributed by atoms with Gasteiger partial charge in [-0.25, -0.2) is 13.2 Å². The molecule has 1 aliphatic heterocycles. The highest BCUT2D eigenvalue weighted by molar-refractivity contribution is 5.95. The zero-order chi connectivity index (χ0) is 15.6. The van der Waals surface area contributed by atoms with Crippen LogP contribution in [-0.2, 0) is 9.53 Å². The molecule has 1 aromatic carbocycles. The van der Waals surface area contributed by atoms with Crippen molar-refractivity contribution in [1.82, 2.24) is 4.90 Å². The maximum absolute atomic E-state index is 13.6. The van der Waals surface area contributed by atoms with Crippen LogP contribution in [0.1, 0.15) is 23.2 Å². The second-order valence-corrected chi connectivity index (χ2v) is 4.84. The highest BCUT2D eigenvalue weighted by Crippen LogP contribution is 2.22. The predicted octanol–water partition coefficient (Wildman–Crippen LogP) is 2.13. The lowest BCUT2D eigenvalue weighted by molar-refractivity contribution is -0.146. The van der Waals surface area contributed by atoms with Crippen LogP contribution in [0, 0.1) is 23.4 Å². The number of rotatable bonds is 2. The largest absolute Gasteiger partial charge is 0.469 e. The Labute approximate surface area is 119 Å². The first kappa shape index (κ1) is 15.3. The van der Waals surface area contributed by atoms with Gasteiger partial charge in [-0.1, -0.05) is 0 Å². The molecule has 114 valence electrons. The van der Waals surface area contributed by atoms with Crippen LogP contribution >= 0.6 is 0 Å². The third-order valence-corrected chi connectivity index (χ3v) is 3.51. The summed E-state index contributed by atoms with van der Waals surface area (Å²) in [4.78, 5) is 24.9.